The number of amides is 1. The SMILES string of the molecule is COC(=O)C[C@H]1[C@@H]2ON=C(c3ccccc3)O[C@@H]2C=CN1C(C)=O. The van der Waals surface area contributed by atoms with Crippen LogP contribution in [0.15, 0.2) is 47.8 Å². The number of nitrogens with zero attached hydrogens (tertiary/aromatic N) is 2. The largest absolute Gasteiger partial charge is 0.469 e. The van der Waals surface area contributed by atoms with Crippen molar-refractivity contribution in [3.8, 4) is 0 Å². The fraction of sp³-hybridized carbons (Fsp3) is 0.353. The molecule has 0 aromatic heterocycles. The topological polar surface area (TPSA) is 77.4 Å². The number of benzene rings is 1. The summed E-state index contributed by atoms with van der Waals surface area (Å²) in [4.78, 5) is 30.6. The average molecular weight is 330 g/mol. The number of ether oxygens (including phenoxy) is 2. The van der Waals surface area contributed by atoms with Crippen molar-refractivity contribution in [2.45, 2.75) is 31.6 Å². The summed E-state index contributed by atoms with van der Waals surface area (Å²) in [6.07, 6.45) is 2.33. The van der Waals surface area contributed by atoms with E-state index in [4.69, 9.17) is 14.3 Å². The van der Waals surface area contributed by atoms with Crippen LogP contribution in [-0.2, 0) is 23.9 Å². The molecule has 0 saturated carbocycles. The Hall–Kier alpha value is -2.83. The zero-order valence-corrected chi connectivity index (χ0v) is 13.4. The van der Waals surface area contributed by atoms with Crippen LogP contribution in [-0.4, -0.2) is 48.0 Å². The highest BCUT2D eigenvalue weighted by Crippen LogP contribution is 2.28. The zero-order valence-electron chi connectivity index (χ0n) is 13.4. The lowest BCUT2D eigenvalue weighted by molar-refractivity contribution is -0.149. The number of hydrogen-bond donors (Lipinski definition) is 0. The van der Waals surface area contributed by atoms with Crippen LogP contribution in [0.4, 0.5) is 0 Å². The van der Waals surface area contributed by atoms with Gasteiger partial charge in [-0.25, -0.2) is 0 Å². The fourth-order valence-corrected chi connectivity index (χ4v) is 2.78. The van der Waals surface area contributed by atoms with Gasteiger partial charge in [0.05, 0.1) is 19.6 Å². The molecular formula is C17H18N2O5. The molecule has 7 heteroatoms. The van der Waals surface area contributed by atoms with E-state index in [1.165, 1.54) is 18.9 Å². The Morgan fingerprint density at radius 3 is 2.71 bits per heavy atom. The highest BCUT2D eigenvalue weighted by atomic mass is 16.7. The van der Waals surface area contributed by atoms with Gasteiger partial charge in [0.15, 0.2) is 12.2 Å². The molecule has 0 bridgehead atoms. The Morgan fingerprint density at radius 1 is 1.29 bits per heavy atom. The van der Waals surface area contributed by atoms with Gasteiger partial charge in [0.1, 0.15) is 0 Å². The Labute approximate surface area is 139 Å². The second-order valence-corrected chi connectivity index (χ2v) is 5.53. The molecule has 1 aromatic carbocycles. The van der Waals surface area contributed by atoms with E-state index in [-0.39, 0.29) is 12.3 Å². The number of esters is 1. The molecule has 3 rings (SSSR count). The van der Waals surface area contributed by atoms with Gasteiger partial charge in [0.2, 0.25) is 5.91 Å². The van der Waals surface area contributed by atoms with E-state index < -0.39 is 24.2 Å². The summed E-state index contributed by atoms with van der Waals surface area (Å²) in [6.45, 7) is 1.43. The molecule has 126 valence electrons. The highest BCUT2D eigenvalue weighted by Gasteiger charge is 2.43. The minimum absolute atomic E-state index is 0.00113. The quantitative estimate of drug-likeness (QED) is 0.784. The summed E-state index contributed by atoms with van der Waals surface area (Å²) >= 11 is 0. The molecule has 0 fully saturated rings. The van der Waals surface area contributed by atoms with Crippen molar-refractivity contribution in [3.05, 3.63) is 48.2 Å². The van der Waals surface area contributed by atoms with Crippen LogP contribution in [0.2, 0.25) is 0 Å². The van der Waals surface area contributed by atoms with Crippen LogP contribution in [0.3, 0.4) is 0 Å². The molecule has 0 radical (unpaired) electrons. The van der Waals surface area contributed by atoms with Gasteiger partial charge in [-0.2, -0.15) is 0 Å². The molecular weight excluding hydrogens is 312 g/mol. The number of hydrogen-bond acceptors (Lipinski definition) is 6. The van der Waals surface area contributed by atoms with Gasteiger partial charge in [-0.05, 0) is 23.4 Å². The number of fused-ring (bicyclic) bond motifs is 1. The van der Waals surface area contributed by atoms with Gasteiger partial charge in [-0.1, -0.05) is 18.2 Å². The van der Waals surface area contributed by atoms with Gasteiger partial charge in [0.25, 0.3) is 5.90 Å². The lowest BCUT2D eigenvalue weighted by Gasteiger charge is -2.40. The van der Waals surface area contributed by atoms with Crippen molar-refractivity contribution in [3.63, 3.8) is 0 Å². The van der Waals surface area contributed by atoms with Crippen molar-refractivity contribution < 1.29 is 23.9 Å². The molecule has 1 aromatic rings. The molecule has 7 nitrogen and oxygen atoms in total. The van der Waals surface area contributed by atoms with Gasteiger partial charge in [0, 0.05) is 18.7 Å². The number of rotatable bonds is 3. The molecule has 0 N–H and O–H groups in total. The maximum atomic E-state index is 11.8. The predicted octanol–water partition coefficient (Wildman–Crippen LogP) is 1.44. The lowest BCUT2D eigenvalue weighted by atomic mass is 9.96. The summed E-state index contributed by atoms with van der Waals surface area (Å²) in [7, 11) is 1.31. The summed E-state index contributed by atoms with van der Waals surface area (Å²) in [5, 5.41) is 4.03. The molecule has 0 unspecified atom stereocenters. The van der Waals surface area contributed by atoms with Crippen molar-refractivity contribution in [2.75, 3.05) is 7.11 Å². The van der Waals surface area contributed by atoms with E-state index in [0.717, 1.165) is 5.56 Å². The summed E-state index contributed by atoms with van der Waals surface area (Å²) in [5.41, 5.74) is 0.794. The van der Waals surface area contributed by atoms with Crippen molar-refractivity contribution in [1.82, 2.24) is 4.90 Å². The van der Waals surface area contributed by atoms with Crippen LogP contribution >= 0.6 is 0 Å². The smallest absolute Gasteiger partial charge is 0.307 e. The van der Waals surface area contributed by atoms with Crippen LogP contribution in [0, 0.1) is 0 Å². The summed E-state index contributed by atoms with van der Waals surface area (Å²) in [6, 6.07) is 8.84. The minimum atomic E-state index is -0.578. The Kier molecular flexibility index (Phi) is 4.50. The molecule has 2 aliphatic heterocycles. The summed E-state index contributed by atoms with van der Waals surface area (Å²) in [5.74, 6) is -0.253. The molecule has 24 heavy (non-hydrogen) atoms. The first-order chi connectivity index (χ1) is 11.6. The fourth-order valence-electron chi connectivity index (χ4n) is 2.78. The predicted molar refractivity (Wildman–Crippen MR) is 84.8 cm³/mol. The maximum Gasteiger partial charge on any atom is 0.307 e. The molecule has 0 aliphatic carbocycles. The van der Waals surface area contributed by atoms with Crippen molar-refractivity contribution >= 4 is 17.8 Å². The van der Waals surface area contributed by atoms with E-state index in [2.05, 4.69) is 5.16 Å². The van der Waals surface area contributed by atoms with Crippen LogP contribution in [0.1, 0.15) is 18.9 Å². The normalized spacial score (nSPS) is 25.0. The van der Waals surface area contributed by atoms with Gasteiger partial charge in [-0.15, -0.1) is 0 Å². The third-order valence-electron chi connectivity index (χ3n) is 3.99. The molecule has 2 aliphatic rings. The first-order valence-electron chi connectivity index (χ1n) is 7.60. The van der Waals surface area contributed by atoms with Crippen molar-refractivity contribution in [1.29, 1.82) is 0 Å². The van der Waals surface area contributed by atoms with Crippen LogP contribution in [0.25, 0.3) is 0 Å². The van der Waals surface area contributed by atoms with E-state index in [0.29, 0.717) is 5.90 Å². The molecule has 0 spiro atoms. The first-order valence-corrected chi connectivity index (χ1v) is 7.60. The standard InChI is InChI=1S/C17H18N2O5/c1-11(20)19-9-8-14-16(13(19)10-15(21)22-2)24-18-17(23-14)12-6-4-3-5-7-12/h3-9,13-14,16H,10H2,1-2H3/t13-,14+,16-/m0/s1. The third kappa shape index (κ3) is 3.10. The Bertz CT molecular complexity index is 685. The minimum Gasteiger partial charge on any atom is -0.469 e. The molecule has 1 amide bonds. The zero-order chi connectivity index (χ0) is 17.1. The number of oxime groups is 1. The monoisotopic (exact) mass is 330 g/mol. The van der Waals surface area contributed by atoms with Gasteiger partial charge in [-0.3, -0.25) is 9.59 Å². The summed E-state index contributed by atoms with van der Waals surface area (Å²) < 4.78 is 10.6. The van der Waals surface area contributed by atoms with E-state index in [1.54, 1.807) is 12.3 Å². The second-order valence-electron chi connectivity index (χ2n) is 5.53. The number of carbonyl (C=O) groups is 2. The van der Waals surface area contributed by atoms with E-state index in [1.807, 2.05) is 30.3 Å². The van der Waals surface area contributed by atoms with Gasteiger partial charge >= 0.3 is 5.97 Å². The Morgan fingerprint density at radius 2 is 2.04 bits per heavy atom. The van der Waals surface area contributed by atoms with E-state index >= 15 is 0 Å². The third-order valence-corrected chi connectivity index (χ3v) is 3.99. The second kappa shape index (κ2) is 6.74. The van der Waals surface area contributed by atoms with Crippen LogP contribution in [0.5, 0.6) is 0 Å². The maximum absolute atomic E-state index is 11.8. The van der Waals surface area contributed by atoms with Crippen molar-refractivity contribution in [2.24, 2.45) is 5.16 Å². The van der Waals surface area contributed by atoms with E-state index in [9.17, 15) is 9.59 Å². The highest BCUT2D eigenvalue weighted by molar-refractivity contribution is 5.94. The molecule has 3 atom stereocenters. The molecule has 2 heterocycles. The first kappa shape index (κ1) is 16.0. The average Bonchev–Trinajstić information content (AvgIpc) is 2.61. The lowest BCUT2D eigenvalue weighted by Crippen LogP contribution is -2.55. The molecule has 0 saturated heterocycles. The Balaban J connectivity index is 1.85. The van der Waals surface area contributed by atoms with Crippen LogP contribution < -0.4 is 0 Å². The number of carbonyl (C=O) groups excluding carboxylic acids is 2. The number of methoxy groups -OCH3 is 1. The van der Waals surface area contributed by atoms with Gasteiger partial charge < -0.3 is 19.2 Å².